The molecule has 0 spiro atoms. The average molecular weight is 211 g/mol. The first-order valence-corrected chi connectivity index (χ1v) is 4.18. The summed E-state index contributed by atoms with van der Waals surface area (Å²) >= 11 is 0. The summed E-state index contributed by atoms with van der Waals surface area (Å²) in [5.41, 5.74) is 5.59. The maximum absolute atomic E-state index is 12.9. The van der Waals surface area contributed by atoms with Crippen molar-refractivity contribution in [3.8, 4) is 11.5 Å². The summed E-state index contributed by atoms with van der Waals surface area (Å²) in [6.45, 7) is 0.108. The second-order valence-corrected chi connectivity index (χ2v) is 2.83. The number of rotatable bonds is 2. The first-order valence-electron chi connectivity index (χ1n) is 4.18. The molecule has 0 saturated carbocycles. The molecule has 0 bridgehead atoms. The summed E-state index contributed by atoms with van der Waals surface area (Å²) in [5.74, 6) is -1.51. The zero-order valence-electron chi connectivity index (χ0n) is 7.58. The predicted molar refractivity (Wildman–Crippen MR) is 47.5 cm³/mol. The van der Waals surface area contributed by atoms with Crippen molar-refractivity contribution in [1.82, 2.24) is 10.2 Å². The van der Waals surface area contributed by atoms with Crippen LogP contribution in [-0.2, 0) is 6.54 Å². The maximum Gasteiger partial charge on any atom is 0.247 e. The van der Waals surface area contributed by atoms with Crippen LogP contribution in [0.15, 0.2) is 22.6 Å². The number of nitrogens with zero attached hydrogens (tertiary/aromatic N) is 2. The van der Waals surface area contributed by atoms with Gasteiger partial charge in [0.1, 0.15) is 0 Å². The molecule has 2 aromatic rings. The van der Waals surface area contributed by atoms with Crippen molar-refractivity contribution in [2.75, 3.05) is 0 Å². The molecular formula is C9H7F2N3O. The molecular weight excluding hydrogens is 204 g/mol. The lowest BCUT2D eigenvalue weighted by Gasteiger charge is -1.95. The van der Waals surface area contributed by atoms with E-state index in [4.69, 9.17) is 10.2 Å². The van der Waals surface area contributed by atoms with Crippen molar-refractivity contribution >= 4 is 0 Å². The van der Waals surface area contributed by atoms with Crippen LogP contribution in [0.2, 0.25) is 0 Å². The third-order valence-corrected chi connectivity index (χ3v) is 1.81. The summed E-state index contributed by atoms with van der Waals surface area (Å²) in [6, 6.07) is 3.34. The van der Waals surface area contributed by atoms with Gasteiger partial charge in [0.2, 0.25) is 11.8 Å². The molecule has 1 aromatic heterocycles. The standard InChI is InChI=1S/C9H7F2N3O/c10-6-2-1-5(3-7(6)11)9-14-13-8(4-12)15-9/h1-3H,4,12H2. The Labute approximate surface area is 83.7 Å². The zero-order valence-corrected chi connectivity index (χ0v) is 7.58. The topological polar surface area (TPSA) is 64.9 Å². The summed E-state index contributed by atoms with van der Waals surface area (Å²) in [5, 5.41) is 7.25. The van der Waals surface area contributed by atoms with Crippen LogP contribution in [0.1, 0.15) is 5.89 Å². The Bertz CT molecular complexity index is 484. The Balaban J connectivity index is 2.40. The Morgan fingerprint density at radius 2 is 2.00 bits per heavy atom. The molecule has 0 fully saturated rings. The smallest absolute Gasteiger partial charge is 0.247 e. The number of halogens is 2. The highest BCUT2D eigenvalue weighted by Gasteiger charge is 2.10. The van der Waals surface area contributed by atoms with Crippen molar-refractivity contribution < 1.29 is 13.2 Å². The molecule has 78 valence electrons. The molecule has 0 aliphatic heterocycles. The molecule has 0 amide bonds. The lowest BCUT2D eigenvalue weighted by Crippen LogP contribution is -1.95. The van der Waals surface area contributed by atoms with Crippen LogP contribution in [0.3, 0.4) is 0 Å². The van der Waals surface area contributed by atoms with Gasteiger partial charge in [0.05, 0.1) is 6.54 Å². The Hall–Kier alpha value is -1.82. The van der Waals surface area contributed by atoms with Crippen molar-refractivity contribution in [1.29, 1.82) is 0 Å². The van der Waals surface area contributed by atoms with E-state index in [9.17, 15) is 8.78 Å². The fourth-order valence-electron chi connectivity index (χ4n) is 1.08. The number of benzene rings is 1. The van der Waals surface area contributed by atoms with Gasteiger partial charge in [-0.05, 0) is 18.2 Å². The molecule has 4 nitrogen and oxygen atoms in total. The molecule has 0 unspecified atom stereocenters. The predicted octanol–water partition coefficient (Wildman–Crippen LogP) is 1.47. The van der Waals surface area contributed by atoms with E-state index in [0.717, 1.165) is 12.1 Å². The van der Waals surface area contributed by atoms with E-state index in [0.29, 0.717) is 5.56 Å². The summed E-state index contributed by atoms with van der Waals surface area (Å²) in [6.07, 6.45) is 0. The number of nitrogens with two attached hydrogens (primary N) is 1. The minimum atomic E-state index is -0.958. The van der Waals surface area contributed by atoms with Crippen LogP contribution in [-0.4, -0.2) is 10.2 Å². The van der Waals surface area contributed by atoms with Crippen molar-refractivity contribution in [2.45, 2.75) is 6.54 Å². The summed E-state index contributed by atoms with van der Waals surface area (Å²) in [7, 11) is 0. The second-order valence-electron chi connectivity index (χ2n) is 2.83. The molecule has 15 heavy (non-hydrogen) atoms. The molecule has 1 aromatic carbocycles. The Morgan fingerprint density at radius 1 is 1.20 bits per heavy atom. The monoisotopic (exact) mass is 211 g/mol. The van der Waals surface area contributed by atoms with Crippen molar-refractivity contribution in [3.63, 3.8) is 0 Å². The van der Waals surface area contributed by atoms with Gasteiger partial charge in [-0.2, -0.15) is 0 Å². The fraction of sp³-hybridized carbons (Fsp3) is 0.111. The Kier molecular flexibility index (Phi) is 2.42. The van der Waals surface area contributed by atoms with E-state index in [1.54, 1.807) is 0 Å². The van der Waals surface area contributed by atoms with Gasteiger partial charge in [0, 0.05) is 5.56 Å². The van der Waals surface area contributed by atoms with Gasteiger partial charge in [0.15, 0.2) is 11.6 Å². The average Bonchev–Trinajstić information content (AvgIpc) is 2.70. The van der Waals surface area contributed by atoms with Crippen molar-refractivity contribution in [2.24, 2.45) is 5.73 Å². The van der Waals surface area contributed by atoms with E-state index >= 15 is 0 Å². The third-order valence-electron chi connectivity index (χ3n) is 1.81. The minimum Gasteiger partial charge on any atom is -0.419 e. The molecule has 0 radical (unpaired) electrons. The fourth-order valence-corrected chi connectivity index (χ4v) is 1.08. The maximum atomic E-state index is 12.9. The van der Waals surface area contributed by atoms with Gasteiger partial charge in [-0.15, -0.1) is 10.2 Å². The van der Waals surface area contributed by atoms with Crippen LogP contribution in [0.25, 0.3) is 11.5 Å². The second kappa shape index (κ2) is 3.74. The molecule has 0 atom stereocenters. The van der Waals surface area contributed by atoms with Gasteiger partial charge in [0.25, 0.3) is 0 Å². The van der Waals surface area contributed by atoms with Crippen LogP contribution in [0.4, 0.5) is 8.78 Å². The molecule has 2 N–H and O–H groups in total. The van der Waals surface area contributed by atoms with E-state index in [1.807, 2.05) is 0 Å². The molecule has 0 saturated heterocycles. The lowest BCUT2D eigenvalue weighted by atomic mass is 10.2. The highest BCUT2D eigenvalue weighted by Crippen LogP contribution is 2.19. The van der Waals surface area contributed by atoms with Gasteiger partial charge >= 0.3 is 0 Å². The highest BCUT2D eigenvalue weighted by atomic mass is 19.2. The van der Waals surface area contributed by atoms with Crippen molar-refractivity contribution in [3.05, 3.63) is 35.7 Å². The third kappa shape index (κ3) is 1.84. The first-order chi connectivity index (χ1) is 7.20. The number of hydrogen-bond donors (Lipinski definition) is 1. The first kappa shape index (κ1) is 9.72. The van der Waals surface area contributed by atoms with Gasteiger partial charge in [-0.25, -0.2) is 8.78 Å². The van der Waals surface area contributed by atoms with E-state index in [2.05, 4.69) is 10.2 Å². The van der Waals surface area contributed by atoms with Crippen LogP contribution < -0.4 is 5.73 Å². The SMILES string of the molecule is NCc1nnc(-c2ccc(F)c(F)c2)o1. The van der Waals surface area contributed by atoms with E-state index in [1.165, 1.54) is 6.07 Å². The Morgan fingerprint density at radius 3 is 2.60 bits per heavy atom. The zero-order chi connectivity index (χ0) is 10.8. The quantitative estimate of drug-likeness (QED) is 0.816. The largest absolute Gasteiger partial charge is 0.419 e. The highest BCUT2D eigenvalue weighted by molar-refractivity contribution is 5.52. The molecule has 1 heterocycles. The molecule has 6 heteroatoms. The summed E-state index contributed by atoms with van der Waals surface area (Å²) < 4.78 is 30.6. The number of aromatic nitrogens is 2. The number of hydrogen-bond acceptors (Lipinski definition) is 4. The van der Waals surface area contributed by atoms with Crippen LogP contribution >= 0.6 is 0 Å². The summed E-state index contributed by atoms with van der Waals surface area (Å²) in [4.78, 5) is 0. The van der Waals surface area contributed by atoms with Gasteiger partial charge in [-0.3, -0.25) is 0 Å². The molecule has 2 rings (SSSR count). The lowest BCUT2D eigenvalue weighted by molar-refractivity contribution is 0.500. The van der Waals surface area contributed by atoms with Gasteiger partial charge in [-0.1, -0.05) is 0 Å². The van der Waals surface area contributed by atoms with E-state index in [-0.39, 0.29) is 18.3 Å². The van der Waals surface area contributed by atoms with E-state index < -0.39 is 11.6 Å². The van der Waals surface area contributed by atoms with Crippen LogP contribution in [0, 0.1) is 11.6 Å². The molecule has 0 aliphatic rings. The minimum absolute atomic E-state index is 0.108. The van der Waals surface area contributed by atoms with Gasteiger partial charge < -0.3 is 10.2 Å². The molecule has 0 aliphatic carbocycles. The normalized spacial score (nSPS) is 10.6. The van der Waals surface area contributed by atoms with Crippen LogP contribution in [0.5, 0.6) is 0 Å².